The number of likely N-dealkylation sites (tertiary alicyclic amines) is 1. The first kappa shape index (κ1) is 14.6. The summed E-state index contributed by atoms with van der Waals surface area (Å²) in [6, 6.07) is 16.9. The van der Waals surface area contributed by atoms with E-state index in [-0.39, 0.29) is 5.91 Å². The SMILES string of the molecule is NC[C@@H]1CCN(C(=O)c2cccc(Oc3ccccc3)c2)C1. The van der Waals surface area contributed by atoms with Crippen molar-refractivity contribution in [3.63, 3.8) is 0 Å². The molecule has 1 atom stereocenters. The van der Waals surface area contributed by atoms with Gasteiger partial charge in [0, 0.05) is 18.7 Å². The van der Waals surface area contributed by atoms with Gasteiger partial charge < -0.3 is 15.4 Å². The molecule has 1 heterocycles. The van der Waals surface area contributed by atoms with Gasteiger partial charge in [-0.2, -0.15) is 0 Å². The van der Waals surface area contributed by atoms with Crippen LogP contribution in [-0.4, -0.2) is 30.4 Å². The molecule has 2 aromatic rings. The van der Waals surface area contributed by atoms with Gasteiger partial charge in [0.15, 0.2) is 0 Å². The van der Waals surface area contributed by atoms with Crippen LogP contribution in [0.25, 0.3) is 0 Å². The fourth-order valence-electron chi connectivity index (χ4n) is 2.71. The predicted octanol–water partition coefficient (Wildman–Crippen LogP) is 2.90. The van der Waals surface area contributed by atoms with Crippen molar-refractivity contribution in [3.05, 3.63) is 60.2 Å². The van der Waals surface area contributed by atoms with Gasteiger partial charge in [0.05, 0.1) is 0 Å². The summed E-state index contributed by atoms with van der Waals surface area (Å²) in [5.41, 5.74) is 6.35. The van der Waals surface area contributed by atoms with Crippen LogP contribution in [-0.2, 0) is 0 Å². The molecule has 4 heteroatoms. The maximum Gasteiger partial charge on any atom is 0.253 e. The number of nitrogens with two attached hydrogens (primary N) is 1. The van der Waals surface area contributed by atoms with E-state index in [2.05, 4.69) is 0 Å². The molecule has 3 rings (SSSR count). The molecule has 1 fully saturated rings. The summed E-state index contributed by atoms with van der Waals surface area (Å²) in [6.07, 6.45) is 0.989. The molecule has 4 nitrogen and oxygen atoms in total. The summed E-state index contributed by atoms with van der Waals surface area (Å²) in [7, 11) is 0. The van der Waals surface area contributed by atoms with E-state index in [4.69, 9.17) is 10.5 Å². The molecule has 0 aromatic heterocycles. The van der Waals surface area contributed by atoms with Crippen LogP contribution < -0.4 is 10.5 Å². The molecule has 0 aliphatic carbocycles. The van der Waals surface area contributed by atoms with Crippen LogP contribution in [0.5, 0.6) is 11.5 Å². The quantitative estimate of drug-likeness (QED) is 0.944. The molecule has 0 radical (unpaired) electrons. The van der Waals surface area contributed by atoms with Crippen molar-refractivity contribution < 1.29 is 9.53 Å². The molecular weight excluding hydrogens is 276 g/mol. The molecule has 1 saturated heterocycles. The van der Waals surface area contributed by atoms with Gasteiger partial charge in [-0.05, 0) is 49.2 Å². The van der Waals surface area contributed by atoms with Gasteiger partial charge in [-0.1, -0.05) is 24.3 Å². The predicted molar refractivity (Wildman–Crippen MR) is 86.0 cm³/mol. The Balaban J connectivity index is 1.72. The van der Waals surface area contributed by atoms with E-state index in [1.165, 1.54) is 0 Å². The van der Waals surface area contributed by atoms with Crippen LogP contribution in [0.2, 0.25) is 0 Å². The number of nitrogens with zero attached hydrogens (tertiary/aromatic N) is 1. The standard InChI is InChI=1S/C18H20N2O2/c19-12-14-9-10-20(13-14)18(21)15-5-4-8-17(11-15)22-16-6-2-1-3-7-16/h1-8,11,14H,9-10,12-13,19H2/t14-/m0/s1. The average molecular weight is 296 g/mol. The normalized spacial score (nSPS) is 17.5. The van der Waals surface area contributed by atoms with Crippen LogP contribution >= 0.6 is 0 Å². The Morgan fingerprint density at radius 3 is 2.64 bits per heavy atom. The van der Waals surface area contributed by atoms with Gasteiger partial charge in [-0.3, -0.25) is 4.79 Å². The first-order valence-corrected chi connectivity index (χ1v) is 7.58. The average Bonchev–Trinajstić information content (AvgIpc) is 3.04. The zero-order valence-corrected chi connectivity index (χ0v) is 12.4. The number of ether oxygens (including phenoxy) is 1. The third-order valence-corrected chi connectivity index (χ3v) is 3.97. The summed E-state index contributed by atoms with van der Waals surface area (Å²) in [6.45, 7) is 2.17. The molecular formula is C18H20N2O2. The highest BCUT2D eigenvalue weighted by molar-refractivity contribution is 5.94. The van der Waals surface area contributed by atoms with Gasteiger partial charge in [0.1, 0.15) is 11.5 Å². The van der Waals surface area contributed by atoms with E-state index in [1.807, 2.05) is 53.4 Å². The summed E-state index contributed by atoms with van der Waals surface area (Å²) in [5.74, 6) is 1.91. The maximum atomic E-state index is 12.5. The van der Waals surface area contributed by atoms with Crippen molar-refractivity contribution in [2.45, 2.75) is 6.42 Å². The first-order valence-electron chi connectivity index (χ1n) is 7.58. The lowest BCUT2D eigenvalue weighted by Gasteiger charge is -2.16. The van der Waals surface area contributed by atoms with E-state index >= 15 is 0 Å². The van der Waals surface area contributed by atoms with Crippen molar-refractivity contribution in [2.24, 2.45) is 11.7 Å². The van der Waals surface area contributed by atoms with E-state index in [9.17, 15) is 4.79 Å². The number of amides is 1. The van der Waals surface area contributed by atoms with Crippen LogP contribution in [0.15, 0.2) is 54.6 Å². The van der Waals surface area contributed by atoms with Gasteiger partial charge in [-0.15, -0.1) is 0 Å². The topological polar surface area (TPSA) is 55.6 Å². The number of benzene rings is 2. The molecule has 0 unspecified atom stereocenters. The molecule has 2 N–H and O–H groups in total. The zero-order chi connectivity index (χ0) is 15.4. The fourth-order valence-corrected chi connectivity index (χ4v) is 2.71. The van der Waals surface area contributed by atoms with Crippen LogP contribution in [0.1, 0.15) is 16.8 Å². The van der Waals surface area contributed by atoms with Gasteiger partial charge >= 0.3 is 0 Å². The lowest BCUT2D eigenvalue weighted by Crippen LogP contribution is -2.29. The summed E-state index contributed by atoms with van der Waals surface area (Å²) in [5, 5.41) is 0. The van der Waals surface area contributed by atoms with Crippen LogP contribution in [0, 0.1) is 5.92 Å². The minimum atomic E-state index is 0.0504. The molecule has 0 spiro atoms. The van der Waals surface area contributed by atoms with Crippen molar-refractivity contribution in [1.82, 2.24) is 4.90 Å². The number of carbonyl (C=O) groups excluding carboxylic acids is 1. The lowest BCUT2D eigenvalue weighted by molar-refractivity contribution is 0.0787. The van der Waals surface area contributed by atoms with E-state index in [0.717, 1.165) is 25.3 Å². The molecule has 22 heavy (non-hydrogen) atoms. The number of hydrogen-bond donors (Lipinski definition) is 1. The number of hydrogen-bond acceptors (Lipinski definition) is 3. The maximum absolute atomic E-state index is 12.5. The van der Waals surface area contributed by atoms with Gasteiger partial charge in [-0.25, -0.2) is 0 Å². The highest BCUT2D eigenvalue weighted by Crippen LogP contribution is 2.24. The molecule has 1 aliphatic rings. The van der Waals surface area contributed by atoms with Gasteiger partial charge in [0.25, 0.3) is 5.91 Å². The fraction of sp³-hybridized carbons (Fsp3) is 0.278. The lowest BCUT2D eigenvalue weighted by atomic mass is 10.1. The van der Waals surface area contributed by atoms with E-state index in [1.54, 1.807) is 6.07 Å². The van der Waals surface area contributed by atoms with Crippen molar-refractivity contribution in [3.8, 4) is 11.5 Å². The van der Waals surface area contributed by atoms with Crippen LogP contribution in [0.3, 0.4) is 0 Å². The summed E-state index contributed by atoms with van der Waals surface area (Å²) >= 11 is 0. The second-order valence-electron chi connectivity index (χ2n) is 5.58. The molecule has 0 bridgehead atoms. The Labute approximate surface area is 130 Å². The molecule has 1 amide bonds. The smallest absolute Gasteiger partial charge is 0.253 e. The molecule has 1 aliphatic heterocycles. The Kier molecular flexibility index (Phi) is 4.39. The number of rotatable bonds is 4. The molecule has 0 saturated carbocycles. The highest BCUT2D eigenvalue weighted by Gasteiger charge is 2.26. The van der Waals surface area contributed by atoms with E-state index < -0.39 is 0 Å². The van der Waals surface area contributed by atoms with Crippen molar-refractivity contribution in [2.75, 3.05) is 19.6 Å². The minimum Gasteiger partial charge on any atom is -0.457 e. The van der Waals surface area contributed by atoms with E-state index in [0.29, 0.717) is 23.8 Å². The Hall–Kier alpha value is -2.33. The second kappa shape index (κ2) is 6.62. The van der Waals surface area contributed by atoms with Gasteiger partial charge in [0.2, 0.25) is 0 Å². The minimum absolute atomic E-state index is 0.0504. The number of carbonyl (C=O) groups is 1. The largest absolute Gasteiger partial charge is 0.457 e. The monoisotopic (exact) mass is 296 g/mol. The second-order valence-corrected chi connectivity index (χ2v) is 5.58. The summed E-state index contributed by atoms with van der Waals surface area (Å²) < 4.78 is 5.78. The Morgan fingerprint density at radius 2 is 1.91 bits per heavy atom. The van der Waals surface area contributed by atoms with Crippen LogP contribution in [0.4, 0.5) is 0 Å². The van der Waals surface area contributed by atoms with Crippen molar-refractivity contribution in [1.29, 1.82) is 0 Å². The third-order valence-electron chi connectivity index (χ3n) is 3.97. The Morgan fingerprint density at radius 1 is 1.14 bits per heavy atom. The Bertz CT molecular complexity index is 643. The summed E-state index contributed by atoms with van der Waals surface area (Å²) in [4.78, 5) is 14.4. The number of para-hydroxylation sites is 1. The van der Waals surface area contributed by atoms with Crippen molar-refractivity contribution >= 4 is 5.91 Å². The zero-order valence-electron chi connectivity index (χ0n) is 12.4. The molecule has 2 aromatic carbocycles. The first-order chi connectivity index (χ1) is 10.8. The highest BCUT2D eigenvalue weighted by atomic mass is 16.5. The molecule has 114 valence electrons. The third kappa shape index (κ3) is 3.28.